The van der Waals surface area contributed by atoms with Crippen LogP contribution in [-0.2, 0) is 9.59 Å². The minimum atomic E-state index is -1.05. The van der Waals surface area contributed by atoms with Crippen LogP contribution in [0.2, 0.25) is 5.02 Å². The van der Waals surface area contributed by atoms with E-state index >= 15 is 0 Å². The fraction of sp³-hybridized carbons (Fsp3) is 0. The monoisotopic (exact) mass is 674 g/mol. The Morgan fingerprint density at radius 2 is 1.58 bits per heavy atom. The molecule has 3 N–H and O–H groups in total. The molecule has 5 aromatic rings. The zero-order valence-electron chi connectivity index (χ0n) is 22.0. The van der Waals surface area contributed by atoms with Gasteiger partial charge in [0.05, 0.1) is 22.5 Å². The van der Waals surface area contributed by atoms with Crippen molar-refractivity contribution in [1.82, 2.24) is 5.43 Å². The third kappa shape index (κ3) is 7.33. The molecule has 0 spiro atoms. The highest BCUT2D eigenvalue weighted by molar-refractivity contribution is 9.10. The normalized spacial score (nSPS) is 10.8. The molecule has 43 heavy (non-hydrogen) atoms. The molecule has 0 aliphatic rings. The molecule has 0 aliphatic carbocycles. The van der Waals surface area contributed by atoms with Crippen LogP contribution in [0.5, 0.6) is 5.75 Å². The molecule has 1 aromatic heterocycles. The molecule has 0 unspecified atom stereocenters. The van der Waals surface area contributed by atoms with Crippen molar-refractivity contribution in [1.29, 1.82) is 0 Å². The van der Waals surface area contributed by atoms with Gasteiger partial charge in [-0.3, -0.25) is 14.4 Å². The molecule has 12 heteroatoms. The van der Waals surface area contributed by atoms with Gasteiger partial charge in [0, 0.05) is 20.2 Å². The number of rotatable bonds is 7. The first kappa shape index (κ1) is 29.6. The zero-order valence-corrected chi connectivity index (χ0v) is 25.1. The maximum Gasteiger partial charge on any atom is 0.355 e. The van der Waals surface area contributed by atoms with Crippen LogP contribution in [0.1, 0.15) is 25.6 Å². The molecule has 214 valence electrons. The lowest BCUT2D eigenvalue weighted by molar-refractivity contribution is -0.136. The van der Waals surface area contributed by atoms with Gasteiger partial charge in [-0.05, 0) is 60.2 Å². The predicted molar refractivity (Wildman–Crippen MR) is 171 cm³/mol. The highest BCUT2D eigenvalue weighted by atomic mass is 79.9. The summed E-state index contributed by atoms with van der Waals surface area (Å²) in [5.74, 6) is -2.90. The van der Waals surface area contributed by atoms with Crippen molar-refractivity contribution in [2.24, 2.45) is 5.10 Å². The molecular formula is C31H20BrClN4O5S. The average Bonchev–Trinajstić information content (AvgIpc) is 3.35. The third-order valence-corrected chi connectivity index (χ3v) is 8.08. The number of carbonyl (C=O) groups excluding carboxylic acids is 4. The van der Waals surface area contributed by atoms with Crippen LogP contribution in [-0.4, -0.2) is 29.9 Å². The summed E-state index contributed by atoms with van der Waals surface area (Å²) in [6.07, 6.45) is 1.29. The van der Waals surface area contributed by atoms with Gasteiger partial charge in [0.2, 0.25) is 0 Å². The molecule has 0 fully saturated rings. The van der Waals surface area contributed by atoms with Crippen LogP contribution < -0.4 is 20.8 Å². The van der Waals surface area contributed by atoms with E-state index in [0.29, 0.717) is 16.3 Å². The molecule has 0 radical (unpaired) electrons. The number of hydrogen-bond acceptors (Lipinski definition) is 7. The second kappa shape index (κ2) is 13.4. The molecule has 3 amide bonds. The quantitative estimate of drug-likeness (QED) is 0.0570. The maximum atomic E-state index is 12.8. The Bertz CT molecular complexity index is 1890. The van der Waals surface area contributed by atoms with E-state index in [0.717, 1.165) is 14.6 Å². The van der Waals surface area contributed by atoms with Crippen molar-refractivity contribution in [3.05, 3.63) is 123 Å². The molecule has 5 rings (SSSR count). The maximum absolute atomic E-state index is 12.8. The van der Waals surface area contributed by atoms with Crippen LogP contribution >= 0.6 is 38.9 Å². The first-order valence-electron chi connectivity index (χ1n) is 12.6. The fourth-order valence-electron chi connectivity index (χ4n) is 3.87. The summed E-state index contributed by atoms with van der Waals surface area (Å²) in [6.45, 7) is 0. The van der Waals surface area contributed by atoms with E-state index < -0.39 is 23.7 Å². The van der Waals surface area contributed by atoms with Gasteiger partial charge in [-0.15, -0.1) is 11.3 Å². The lowest BCUT2D eigenvalue weighted by Crippen LogP contribution is -2.33. The highest BCUT2D eigenvalue weighted by Crippen LogP contribution is 2.35. The summed E-state index contributed by atoms with van der Waals surface area (Å²) in [6, 6.07) is 27.1. The van der Waals surface area contributed by atoms with E-state index in [2.05, 4.69) is 37.1 Å². The van der Waals surface area contributed by atoms with Crippen molar-refractivity contribution in [2.75, 3.05) is 10.6 Å². The van der Waals surface area contributed by atoms with Gasteiger partial charge in [-0.1, -0.05) is 70.0 Å². The minimum absolute atomic E-state index is 0.148. The minimum Gasteiger partial charge on any atom is -0.422 e. The van der Waals surface area contributed by atoms with Gasteiger partial charge in [-0.2, -0.15) is 5.10 Å². The van der Waals surface area contributed by atoms with E-state index in [4.69, 9.17) is 16.3 Å². The van der Waals surface area contributed by atoms with Crippen molar-refractivity contribution < 1.29 is 23.9 Å². The Morgan fingerprint density at radius 3 is 2.37 bits per heavy atom. The number of para-hydroxylation sites is 1. The second-order valence-corrected chi connectivity index (χ2v) is 11.2. The van der Waals surface area contributed by atoms with Crippen molar-refractivity contribution in [3.8, 4) is 5.75 Å². The van der Waals surface area contributed by atoms with E-state index in [1.165, 1.54) is 35.8 Å². The number of ether oxygens (including phenoxy) is 1. The summed E-state index contributed by atoms with van der Waals surface area (Å²) in [7, 11) is 0. The Kier molecular flexibility index (Phi) is 9.26. The number of halogens is 2. The highest BCUT2D eigenvalue weighted by Gasteiger charge is 2.20. The number of hydrazone groups is 1. The molecule has 1 heterocycles. The summed E-state index contributed by atoms with van der Waals surface area (Å²) >= 11 is 11.0. The Morgan fingerprint density at radius 1 is 0.837 bits per heavy atom. The van der Waals surface area contributed by atoms with Crippen molar-refractivity contribution >= 4 is 90.2 Å². The van der Waals surface area contributed by atoms with Crippen molar-refractivity contribution in [3.63, 3.8) is 0 Å². The Balaban J connectivity index is 1.18. The topological polar surface area (TPSA) is 126 Å². The first-order chi connectivity index (χ1) is 20.8. The molecular weight excluding hydrogens is 656 g/mol. The molecule has 0 aliphatic heterocycles. The number of nitrogens with zero attached hydrogens (tertiary/aromatic N) is 1. The summed E-state index contributed by atoms with van der Waals surface area (Å²) in [5.41, 5.74) is 3.50. The summed E-state index contributed by atoms with van der Waals surface area (Å²) in [4.78, 5) is 50.8. The van der Waals surface area contributed by atoms with Crippen LogP contribution in [0, 0.1) is 0 Å². The number of anilines is 2. The number of amides is 3. The number of fused-ring (bicyclic) bond motifs is 1. The SMILES string of the molecule is O=C(N/N=C\c1cccc(OC(=O)c2sc3ccccc3c2Cl)c1)C(=O)Nc1ccccc1C(=O)Nc1ccc(Br)cc1. The van der Waals surface area contributed by atoms with E-state index in [1.54, 1.807) is 54.6 Å². The van der Waals surface area contributed by atoms with Crippen LogP contribution in [0.3, 0.4) is 0 Å². The van der Waals surface area contributed by atoms with E-state index in [-0.39, 0.29) is 21.9 Å². The van der Waals surface area contributed by atoms with Gasteiger partial charge in [0.1, 0.15) is 10.6 Å². The average molecular weight is 676 g/mol. The standard InChI is InChI=1S/C31H20BrClN4O5S/c32-19-12-14-20(15-13-19)35-28(38)22-8-1-3-10-24(22)36-29(39)30(40)37-34-17-18-6-5-7-21(16-18)42-31(41)27-26(33)23-9-2-4-11-25(23)43-27/h1-17H,(H,35,38)(H,36,39)(H,37,40)/b34-17-. The third-order valence-electron chi connectivity index (χ3n) is 5.90. The molecule has 0 saturated carbocycles. The predicted octanol–water partition coefficient (Wildman–Crippen LogP) is 6.88. The van der Waals surface area contributed by atoms with Gasteiger partial charge in [0.25, 0.3) is 5.91 Å². The number of nitrogens with one attached hydrogen (secondary N) is 3. The number of esters is 1. The first-order valence-corrected chi connectivity index (χ1v) is 14.6. The van der Waals surface area contributed by atoms with Crippen LogP contribution in [0.4, 0.5) is 11.4 Å². The van der Waals surface area contributed by atoms with Gasteiger partial charge in [-0.25, -0.2) is 10.2 Å². The van der Waals surface area contributed by atoms with E-state index in [9.17, 15) is 19.2 Å². The van der Waals surface area contributed by atoms with Crippen LogP contribution in [0.25, 0.3) is 10.1 Å². The second-order valence-electron chi connectivity index (χ2n) is 8.86. The number of carbonyl (C=O) groups is 4. The molecule has 0 saturated heterocycles. The number of hydrogen-bond donors (Lipinski definition) is 3. The number of benzene rings is 4. The summed E-state index contributed by atoms with van der Waals surface area (Å²) in [5, 5.41) is 10.1. The zero-order chi connectivity index (χ0) is 30.3. The largest absolute Gasteiger partial charge is 0.422 e. The Hall–Kier alpha value is -4.84. The lowest BCUT2D eigenvalue weighted by Gasteiger charge is -2.11. The Labute approximate surface area is 262 Å². The molecule has 9 nitrogen and oxygen atoms in total. The van der Waals surface area contributed by atoms with Gasteiger partial charge in [0.15, 0.2) is 0 Å². The van der Waals surface area contributed by atoms with Gasteiger partial charge >= 0.3 is 17.8 Å². The molecule has 0 bridgehead atoms. The van der Waals surface area contributed by atoms with Gasteiger partial charge < -0.3 is 15.4 Å². The van der Waals surface area contributed by atoms with E-state index in [1.807, 2.05) is 24.3 Å². The molecule has 0 atom stereocenters. The van der Waals surface area contributed by atoms with Crippen molar-refractivity contribution in [2.45, 2.75) is 0 Å². The fourth-order valence-corrected chi connectivity index (χ4v) is 5.52. The number of thiophene rings is 1. The van der Waals surface area contributed by atoms with Crippen LogP contribution in [0.15, 0.2) is 107 Å². The smallest absolute Gasteiger partial charge is 0.355 e. The molecule has 4 aromatic carbocycles. The lowest BCUT2D eigenvalue weighted by atomic mass is 10.1. The summed E-state index contributed by atoms with van der Waals surface area (Å²) < 4.78 is 7.22.